The fraction of sp³-hybridized carbons (Fsp3) is 0.400. The van der Waals surface area contributed by atoms with Crippen LogP contribution in [0.3, 0.4) is 0 Å². The van der Waals surface area contributed by atoms with E-state index in [-0.39, 0.29) is 6.42 Å². The Morgan fingerprint density at radius 3 is 3.20 bits per heavy atom. The third-order valence-corrected chi connectivity index (χ3v) is 1.71. The lowest BCUT2D eigenvalue weighted by Gasteiger charge is -1.91. The summed E-state index contributed by atoms with van der Waals surface area (Å²) in [7, 11) is 1.53. The van der Waals surface area contributed by atoms with E-state index in [1.807, 2.05) is 0 Å². The van der Waals surface area contributed by atoms with Gasteiger partial charge in [0.25, 0.3) is 0 Å². The molecule has 1 aromatic rings. The Morgan fingerprint density at radius 2 is 2.60 bits per heavy atom. The average Bonchev–Trinajstić information content (AvgIpc) is 2.36. The van der Waals surface area contributed by atoms with Crippen molar-refractivity contribution in [2.45, 2.75) is 6.42 Å². The lowest BCUT2D eigenvalue weighted by atomic mass is 10.4. The number of nitrogens with zero attached hydrogens (tertiary/aromatic N) is 2. The molecule has 0 radical (unpaired) electrons. The minimum absolute atomic E-state index is 0.277. The second-order valence-electron chi connectivity index (χ2n) is 1.58. The summed E-state index contributed by atoms with van der Waals surface area (Å²) in [5.41, 5.74) is 0.613. The van der Waals surface area contributed by atoms with E-state index in [0.717, 1.165) is 17.8 Å². The van der Waals surface area contributed by atoms with Gasteiger partial charge in [-0.05, 0) is 0 Å². The summed E-state index contributed by atoms with van der Waals surface area (Å²) in [5.74, 6) is 0. The van der Waals surface area contributed by atoms with Gasteiger partial charge >= 0.3 is 0 Å². The molecule has 0 aliphatic heterocycles. The smallest absolute Gasteiger partial charge is 0.217 e. The molecule has 0 saturated carbocycles. The lowest BCUT2D eigenvalue weighted by molar-refractivity contribution is -0.107. The highest BCUT2D eigenvalue weighted by Crippen LogP contribution is 2.19. The van der Waals surface area contributed by atoms with E-state index in [9.17, 15) is 4.79 Å². The molecule has 0 N–H and O–H groups in total. The molecular formula is C5H6N2O2S. The van der Waals surface area contributed by atoms with Crippen molar-refractivity contribution < 1.29 is 9.53 Å². The van der Waals surface area contributed by atoms with Gasteiger partial charge in [-0.1, -0.05) is 4.49 Å². The number of hydrogen-bond donors (Lipinski definition) is 0. The summed E-state index contributed by atoms with van der Waals surface area (Å²) in [5, 5.41) is 4.31. The molecule has 1 rings (SSSR count). The maximum atomic E-state index is 10.0. The highest BCUT2D eigenvalue weighted by molar-refractivity contribution is 7.07. The first-order chi connectivity index (χ1) is 4.88. The summed E-state index contributed by atoms with van der Waals surface area (Å²) in [6.07, 6.45) is 1.05. The largest absolute Gasteiger partial charge is 0.485 e. The van der Waals surface area contributed by atoms with Crippen LogP contribution in [0.5, 0.6) is 5.06 Å². The zero-order valence-electron chi connectivity index (χ0n) is 5.40. The molecule has 0 bridgehead atoms. The molecule has 0 amide bonds. The molecule has 0 aliphatic carbocycles. The lowest BCUT2D eigenvalue weighted by Crippen LogP contribution is -1.90. The minimum atomic E-state index is 0.277. The van der Waals surface area contributed by atoms with E-state index in [0.29, 0.717) is 10.8 Å². The maximum absolute atomic E-state index is 10.0. The Balaban J connectivity index is 2.79. The van der Waals surface area contributed by atoms with Crippen LogP contribution in [-0.2, 0) is 11.2 Å². The van der Waals surface area contributed by atoms with Crippen LogP contribution in [0.1, 0.15) is 5.69 Å². The van der Waals surface area contributed by atoms with E-state index in [2.05, 4.69) is 9.59 Å². The first kappa shape index (κ1) is 7.14. The first-order valence-electron chi connectivity index (χ1n) is 2.67. The van der Waals surface area contributed by atoms with E-state index >= 15 is 0 Å². The highest BCUT2D eigenvalue weighted by Gasteiger charge is 2.05. The van der Waals surface area contributed by atoms with Crippen LogP contribution in [0.4, 0.5) is 0 Å². The van der Waals surface area contributed by atoms with Gasteiger partial charge in [-0.2, -0.15) is 0 Å². The predicted octanol–water partition coefficient (Wildman–Crippen LogP) is 0.288. The van der Waals surface area contributed by atoms with Gasteiger partial charge < -0.3 is 9.53 Å². The fourth-order valence-corrected chi connectivity index (χ4v) is 1.08. The Kier molecular flexibility index (Phi) is 2.33. The Labute approximate surface area is 62.0 Å². The molecule has 0 aliphatic rings. The van der Waals surface area contributed by atoms with E-state index < -0.39 is 0 Å². The Morgan fingerprint density at radius 1 is 1.80 bits per heavy atom. The molecule has 1 aromatic heterocycles. The van der Waals surface area contributed by atoms with Crippen molar-refractivity contribution in [3.05, 3.63) is 5.69 Å². The maximum Gasteiger partial charge on any atom is 0.217 e. The summed E-state index contributed by atoms with van der Waals surface area (Å²) in [4.78, 5) is 10.0. The Hall–Kier alpha value is -0.970. The third kappa shape index (κ3) is 1.30. The Bertz CT molecular complexity index is 223. The van der Waals surface area contributed by atoms with Crippen molar-refractivity contribution >= 4 is 17.8 Å². The number of hydrogen-bond acceptors (Lipinski definition) is 5. The van der Waals surface area contributed by atoms with Crippen LogP contribution in [0.25, 0.3) is 0 Å². The molecule has 0 unspecified atom stereocenters. The van der Waals surface area contributed by atoms with Crippen LogP contribution in [-0.4, -0.2) is 23.0 Å². The molecule has 10 heavy (non-hydrogen) atoms. The molecule has 0 spiro atoms. The van der Waals surface area contributed by atoms with Crippen LogP contribution in [0.15, 0.2) is 0 Å². The van der Waals surface area contributed by atoms with Crippen molar-refractivity contribution in [1.82, 2.24) is 9.59 Å². The van der Waals surface area contributed by atoms with Crippen molar-refractivity contribution in [2.24, 2.45) is 0 Å². The van der Waals surface area contributed by atoms with Gasteiger partial charge in [0.15, 0.2) is 0 Å². The topological polar surface area (TPSA) is 52.1 Å². The number of ether oxygens (including phenoxy) is 1. The zero-order chi connectivity index (χ0) is 7.40. The summed E-state index contributed by atoms with van der Waals surface area (Å²) in [6, 6.07) is 0. The van der Waals surface area contributed by atoms with Crippen molar-refractivity contribution in [1.29, 1.82) is 0 Å². The summed E-state index contributed by atoms with van der Waals surface area (Å²) < 4.78 is 8.49. The average molecular weight is 158 g/mol. The fourth-order valence-electron chi connectivity index (χ4n) is 0.558. The number of rotatable bonds is 3. The van der Waals surface area contributed by atoms with Gasteiger partial charge in [0, 0.05) is 11.5 Å². The second-order valence-corrected chi connectivity index (χ2v) is 2.30. The molecule has 0 atom stereocenters. The predicted molar refractivity (Wildman–Crippen MR) is 36.2 cm³/mol. The van der Waals surface area contributed by atoms with E-state index in [1.165, 1.54) is 7.11 Å². The van der Waals surface area contributed by atoms with Gasteiger partial charge in [0.1, 0.15) is 12.0 Å². The number of carbonyl (C=O) groups is 1. The van der Waals surface area contributed by atoms with Crippen molar-refractivity contribution in [3.8, 4) is 5.06 Å². The van der Waals surface area contributed by atoms with Gasteiger partial charge in [-0.3, -0.25) is 0 Å². The normalized spacial score (nSPS) is 9.30. The molecule has 0 aromatic carbocycles. The quantitative estimate of drug-likeness (QED) is 0.593. The third-order valence-electron chi connectivity index (χ3n) is 0.983. The van der Waals surface area contributed by atoms with Crippen molar-refractivity contribution in [2.75, 3.05) is 7.11 Å². The molecule has 54 valence electrons. The summed E-state index contributed by atoms with van der Waals surface area (Å²) in [6.45, 7) is 0. The number of carbonyl (C=O) groups excluding carboxylic acids is 1. The number of methoxy groups -OCH3 is 1. The molecular weight excluding hydrogens is 152 g/mol. The molecule has 5 heteroatoms. The SMILES string of the molecule is COc1snnc1CC=O. The van der Waals surface area contributed by atoms with Gasteiger partial charge in [-0.25, -0.2) is 0 Å². The monoisotopic (exact) mass is 158 g/mol. The second kappa shape index (κ2) is 3.26. The molecule has 4 nitrogen and oxygen atoms in total. The first-order valence-corrected chi connectivity index (χ1v) is 3.44. The molecule has 0 saturated heterocycles. The number of aldehydes is 1. The van der Waals surface area contributed by atoms with Gasteiger partial charge in [-0.15, -0.1) is 5.10 Å². The van der Waals surface area contributed by atoms with Crippen LogP contribution >= 0.6 is 11.5 Å². The highest BCUT2D eigenvalue weighted by atomic mass is 32.1. The summed E-state index contributed by atoms with van der Waals surface area (Å²) >= 11 is 1.15. The van der Waals surface area contributed by atoms with E-state index in [1.54, 1.807) is 0 Å². The van der Waals surface area contributed by atoms with Gasteiger partial charge in [0.05, 0.1) is 13.5 Å². The zero-order valence-corrected chi connectivity index (χ0v) is 6.22. The van der Waals surface area contributed by atoms with Gasteiger partial charge in [0.2, 0.25) is 5.06 Å². The molecule has 0 fully saturated rings. The minimum Gasteiger partial charge on any atom is -0.485 e. The van der Waals surface area contributed by atoms with Crippen LogP contribution in [0.2, 0.25) is 0 Å². The van der Waals surface area contributed by atoms with Crippen LogP contribution < -0.4 is 4.74 Å². The van der Waals surface area contributed by atoms with E-state index in [4.69, 9.17) is 4.74 Å². The number of aromatic nitrogens is 2. The van der Waals surface area contributed by atoms with Crippen molar-refractivity contribution in [3.63, 3.8) is 0 Å². The standard InChI is InChI=1S/C5H6N2O2S/c1-9-5-4(2-3-8)6-7-10-5/h3H,2H2,1H3. The molecule has 1 heterocycles. The van der Waals surface area contributed by atoms with Crippen LogP contribution in [0, 0.1) is 0 Å².